The zero-order chi connectivity index (χ0) is 22.9. The number of nitrogens with one attached hydrogen (secondary N) is 4. The Bertz CT molecular complexity index is 573. The molecule has 1 fully saturated rings. The molecule has 2 aliphatic heterocycles. The fourth-order valence-corrected chi connectivity index (χ4v) is 3.27. The molecule has 3 amide bonds. The Morgan fingerprint density at radius 2 is 1.38 bits per heavy atom. The van der Waals surface area contributed by atoms with Gasteiger partial charge in [0.05, 0.1) is 33.0 Å². The molecule has 11 nitrogen and oxygen atoms in total. The summed E-state index contributed by atoms with van der Waals surface area (Å²) in [5.41, 5.74) is 0. The molecule has 0 unspecified atom stereocenters. The minimum atomic E-state index is -0.310. The van der Waals surface area contributed by atoms with Crippen LogP contribution in [0.2, 0.25) is 0 Å². The lowest BCUT2D eigenvalue weighted by Crippen LogP contribution is -2.44. The quantitative estimate of drug-likeness (QED) is 0.188. The summed E-state index contributed by atoms with van der Waals surface area (Å²) in [5.74, 6) is -0.647. The first-order chi connectivity index (χ1) is 15.7. The van der Waals surface area contributed by atoms with E-state index in [0.717, 1.165) is 63.8 Å². The van der Waals surface area contributed by atoms with Crippen LogP contribution in [0.25, 0.3) is 0 Å². The fourth-order valence-electron chi connectivity index (χ4n) is 3.27. The summed E-state index contributed by atoms with van der Waals surface area (Å²) < 4.78 is 10.8. The van der Waals surface area contributed by atoms with Gasteiger partial charge in [-0.1, -0.05) is 0 Å². The molecule has 0 atom stereocenters. The Hall–Kier alpha value is -1.89. The molecule has 2 heterocycles. The van der Waals surface area contributed by atoms with Crippen molar-refractivity contribution in [2.75, 3.05) is 98.4 Å². The van der Waals surface area contributed by atoms with E-state index < -0.39 is 0 Å². The van der Waals surface area contributed by atoms with Crippen molar-refractivity contribution >= 4 is 17.7 Å². The van der Waals surface area contributed by atoms with E-state index in [2.05, 4.69) is 26.2 Å². The summed E-state index contributed by atoms with van der Waals surface area (Å²) in [6.45, 7) is 10.6. The summed E-state index contributed by atoms with van der Waals surface area (Å²) in [4.78, 5) is 38.2. The summed E-state index contributed by atoms with van der Waals surface area (Å²) in [6, 6.07) is 0. The Labute approximate surface area is 190 Å². The average Bonchev–Trinajstić information content (AvgIpc) is 3.09. The van der Waals surface area contributed by atoms with Crippen LogP contribution in [0.1, 0.15) is 6.42 Å². The first kappa shape index (κ1) is 26.4. The second kappa shape index (κ2) is 16.7. The SMILES string of the molecule is O=C(CCOCCOCCN1C(=O)C=CC1=O)NCCN1CCNCCNCCNCC1. The molecule has 1 saturated heterocycles. The molecule has 0 aromatic carbocycles. The molecule has 2 aliphatic rings. The summed E-state index contributed by atoms with van der Waals surface area (Å²) >= 11 is 0. The molecule has 182 valence electrons. The van der Waals surface area contributed by atoms with E-state index in [1.54, 1.807) is 0 Å². The van der Waals surface area contributed by atoms with Crippen LogP contribution in [-0.2, 0) is 23.9 Å². The van der Waals surface area contributed by atoms with Gasteiger partial charge in [0, 0.05) is 84.0 Å². The molecule has 0 bridgehead atoms. The maximum Gasteiger partial charge on any atom is 0.253 e. The van der Waals surface area contributed by atoms with E-state index in [-0.39, 0.29) is 30.9 Å². The molecule has 0 aromatic heterocycles. The first-order valence-corrected chi connectivity index (χ1v) is 11.5. The Kier molecular flexibility index (Phi) is 13.8. The number of ether oxygens (including phenoxy) is 2. The van der Waals surface area contributed by atoms with E-state index in [4.69, 9.17) is 9.47 Å². The van der Waals surface area contributed by atoms with Crippen molar-refractivity contribution in [3.05, 3.63) is 12.2 Å². The minimum absolute atomic E-state index is 0.0267. The normalized spacial score (nSPS) is 19.1. The van der Waals surface area contributed by atoms with Gasteiger partial charge >= 0.3 is 0 Å². The third-order valence-corrected chi connectivity index (χ3v) is 5.12. The van der Waals surface area contributed by atoms with Gasteiger partial charge in [-0.3, -0.25) is 24.2 Å². The number of imide groups is 1. The smallest absolute Gasteiger partial charge is 0.253 e. The van der Waals surface area contributed by atoms with Gasteiger partial charge in [-0.15, -0.1) is 0 Å². The van der Waals surface area contributed by atoms with Gasteiger partial charge in [-0.05, 0) is 0 Å². The van der Waals surface area contributed by atoms with Gasteiger partial charge < -0.3 is 30.7 Å². The Morgan fingerprint density at radius 3 is 2.00 bits per heavy atom. The van der Waals surface area contributed by atoms with Gasteiger partial charge in [-0.25, -0.2) is 0 Å². The van der Waals surface area contributed by atoms with E-state index in [0.29, 0.717) is 32.8 Å². The average molecular weight is 455 g/mol. The van der Waals surface area contributed by atoms with Crippen molar-refractivity contribution in [1.29, 1.82) is 0 Å². The molecule has 0 aliphatic carbocycles. The maximum absolute atomic E-state index is 12.0. The zero-order valence-electron chi connectivity index (χ0n) is 18.9. The highest BCUT2D eigenvalue weighted by Gasteiger charge is 2.22. The van der Waals surface area contributed by atoms with E-state index in [1.165, 1.54) is 12.2 Å². The van der Waals surface area contributed by atoms with Crippen LogP contribution in [0.5, 0.6) is 0 Å². The van der Waals surface area contributed by atoms with Crippen molar-refractivity contribution in [3.8, 4) is 0 Å². The topological polar surface area (TPSA) is 124 Å². The number of carbonyl (C=O) groups excluding carboxylic acids is 3. The van der Waals surface area contributed by atoms with Crippen LogP contribution >= 0.6 is 0 Å². The summed E-state index contributed by atoms with van der Waals surface area (Å²) in [5, 5.41) is 13.2. The summed E-state index contributed by atoms with van der Waals surface area (Å²) in [7, 11) is 0. The van der Waals surface area contributed by atoms with Crippen molar-refractivity contribution in [2.24, 2.45) is 0 Å². The lowest BCUT2D eigenvalue weighted by molar-refractivity contribution is -0.137. The van der Waals surface area contributed by atoms with Gasteiger partial charge in [-0.2, -0.15) is 0 Å². The van der Waals surface area contributed by atoms with E-state index in [9.17, 15) is 14.4 Å². The van der Waals surface area contributed by atoms with Gasteiger partial charge in [0.2, 0.25) is 5.91 Å². The van der Waals surface area contributed by atoms with Gasteiger partial charge in [0.1, 0.15) is 0 Å². The van der Waals surface area contributed by atoms with Crippen molar-refractivity contribution in [2.45, 2.75) is 6.42 Å². The van der Waals surface area contributed by atoms with Crippen LogP contribution in [0.15, 0.2) is 12.2 Å². The highest BCUT2D eigenvalue weighted by molar-refractivity contribution is 6.12. The molecular weight excluding hydrogens is 416 g/mol. The number of rotatable bonds is 12. The number of nitrogens with zero attached hydrogens (tertiary/aromatic N) is 2. The molecule has 0 spiro atoms. The number of hydrogen-bond acceptors (Lipinski definition) is 9. The zero-order valence-corrected chi connectivity index (χ0v) is 18.9. The summed E-state index contributed by atoms with van der Waals surface area (Å²) in [6.07, 6.45) is 2.81. The highest BCUT2D eigenvalue weighted by Crippen LogP contribution is 2.02. The third kappa shape index (κ3) is 11.7. The molecule has 11 heteroatoms. The second-order valence-electron chi connectivity index (χ2n) is 7.58. The van der Waals surface area contributed by atoms with Crippen molar-refractivity contribution in [3.63, 3.8) is 0 Å². The second-order valence-corrected chi connectivity index (χ2v) is 7.58. The third-order valence-electron chi connectivity index (χ3n) is 5.12. The van der Waals surface area contributed by atoms with Crippen LogP contribution in [0.3, 0.4) is 0 Å². The van der Waals surface area contributed by atoms with Crippen LogP contribution < -0.4 is 21.3 Å². The van der Waals surface area contributed by atoms with Gasteiger partial charge in [0.25, 0.3) is 11.8 Å². The monoisotopic (exact) mass is 454 g/mol. The highest BCUT2D eigenvalue weighted by atomic mass is 16.5. The lowest BCUT2D eigenvalue weighted by Gasteiger charge is -2.23. The number of amides is 3. The minimum Gasteiger partial charge on any atom is -0.379 e. The standard InChI is InChI=1S/C21H38N6O5/c28-19(3-15-31-17-18-32-16-14-27-20(29)1-2-21(27)30)25-10-13-26-11-8-23-6-4-22-5-7-24-9-12-26/h1-2,22-24H,3-18H2,(H,25,28). The molecule has 0 aromatic rings. The maximum atomic E-state index is 12.0. The first-order valence-electron chi connectivity index (χ1n) is 11.5. The van der Waals surface area contributed by atoms with E-state index in [1.807, 2.05) is 0 Å². The largest absolute Gasteiger partial charge is 0.379 e. The molecule has 0 saturated carbocycles. The molecular formula is C21H38N6O5. The molecule has 0 radical (unpaired) electrons. The van der Waals surface area contributed by atoms with Crippen LogP contribution in [0, 0.1) is 0 Å². The number of carbonyl (C=O) groups is 3. The molecule has 4 N–H and O–H groups in total. The lowest BCUT2D eigenvalue weighted by atomic mass is 10.4. The van der Waals surface area contributed by atoms with Crippen molar-refractivity contribution in [1.82, 2.24) is 31.1 Å². The predicted molar refractivity (Wildman–Crippen MR) is 120 cm³/mol. The van der Waals surface area contributed by atoms with E-state index >= 15 is 0 Å². The van der Waals surface area contributed by atoms with Crippen LogP contribution in [0.4, 0.5) is 0 Å². The Balaban J connectivity index is 1.43. The predicted octanol–water partition coefficient (Wildman–Crippen LogP) is -2.46. The molecule has 32 heavy (non-hydrogen) atoms. The molecule has 2 rings (SSSR count). The van der Waals surface area contributed by atoms with Gasteiger partial charge in [0.15, 0.2) is 0 Å². The number of hydrogen-bond donors (Lipinski definition) is 4. The van der Waals surface area contributed by atoms with Crippen LogP contribution in [-0.4, -0.2) is 126 Å². The van der Waals surface area contributed by atoms with Crippen molar-refractivity contribution < 1.29 is 23.9 Å². The Morgan fingerprint density at radius 1 is 0.812 bits per heavy atom. The fraction of sp³-hybridized carbons (Fsp3) is 0.762.